The van der Waals surface area contributed by atoms with Crippen LogP contribution in [0, 0.1) is 5.41 Å². The first-order chi connectivity index (χ1) is 5.36. The second-order valence-electron chi connectivity index (χ2n) is 4.76. The smallest absolute Gasteiger partial charge is 0.0619 e. The number of aromatic nitrogens is 2. The van der Waals surface area contributed by atoms with Crippen LogP contribution in [0.15, 0.2) is 18.5 Å². The molecule has 68 valence electrons. The van der Waals surface area contributed by atoms with Gasteiger partial charge in [-0.2, -0.15) is 5.10 Å². The van der Waals surface area contributed by atoms with Crippen LogP contribution >= 0.6 is 0 Å². The molecule has 2 nitrogen and oxygen atoms in total. The Morgan fingerprint density at radius 1 is 1.08 bits per heavy atom. The van der Waals surface area contributed by atoms with Gasteiger partial charge in [0, 0.05) is 12.4 Å². The van der Waals surface area contributed by atoms with Crippen molar-refractivity contribution < 1.29 is 0 Å². The maximum atomic E-state index is 4.27. The molecule has 0 aliphatic heterocycles. The standard InChI is InChI=1S/C10H18N2/c1-9(2,3)10(4,5)12-8-6-7-11-12/h6-8H,1-5H3. The molecule has 0 fully saturated rings. The first-order valence-corrected chi connectivity index (χ1v) is 4.36. The Hall–Kier alpha value is -0.790. The van der Waals surface area contributed by atoms with Crippen molar-refractivity contribution in [2.24, 2.45) is 5.41 Å². The SMILES string of the molecule is CC(C)(C)C(C)(C)n1cccn1. The van der Waals surface area contributed by atoms with Crippen molar-refractivity contribution in [1.82, 2.24) is 9.78 Å². The summed E-state index contributed by atoms with van der Waals surface area (Å²) in [4.78, 5) is 0. The van der Waals surface area contributed by atoms with E-state index in [1.807, 2.05) is 23.1 Å². The van der Waals surface area contributed by atoms with E-state index in [0.717, 1.165) is 0 Å². The molecule has 2 heteroatoms. The molecule has 0 N–H and O–H groups in total. The van der Waals surface area contributed by atoms with E-state index in [9.17, 15) is 0 Å². The fourth-order valence-corrected chi connectivity index (χ4v) is 0.943. The fourth-order valence-electron chi connectivity index (χ4n) is 0.943. The molecule has 12 heavy (non-hydrogen) atoms. The van der Waals surface area contributed by atoms with E-state index < -0.39 is 0 Å². The Balaban J connectivity index is 3.02. The lowest BCUT2D eigenvalue weighted by atomic mass is 9.76. The summed E-state index contributed by atoms with van der Waals surface area (Å²) in [7, 11) is 0. The molecule has 0 spiro atoms. The van der Waals surface area contributed by atoms with Crippen molar-refractivity contribution in [3.8, 4) is 0 Å². The van der Waals surface area contributed by atoms with Gasteiger partial charge < -0.3 is 0 Å². The monoisotopic (exact) mass is 166 g/mol. The summed E-state index contributed by atoms with van der Waals surface area (Å²) in [6, 6.07) is 1.97. The summed E-state index contributed by atoms with van der Waals surface area (Å²) in [6.45, 7) is 11.1. The topological polar surface area (TPSA) is 17.8 Å². The second-order valence-corrected chi connectivity index (χ2v) is 4.76. The molecule has 0 unspecified atom stereocenters. The predicted octanol–water partition coefficient (Wildman–Crippen LogP) is 2.66. The zero-order chi connectivity index (χ0) is 9.41. The van der Waals surface area contributed by atoms with Crippen LogP contribution in [0.3, 0.4) is 0 Å². The zero-order valence-corrected chi connectivity index (χ0v) is 8.63. The van der Waals surface area contributed by atoms with Crippen LogP contribution in [0.5, 0.6) is 0 Å². The van der Waals surface area contributed by atoms with Gasteiger partial charge in [-0.15, -0.1) is 0 Å². The summed E-state index contributed by atoms with van der Waals surface area (Å²) in [5.41, 5.74) is 0.287. The largest absolute Gasteiger partial charge is 0.267 e. The number of rotatable bonds is 1. The minimum absolute atomic E-state index is 0.0660. The van der Waals surface area contributed by atoms with E-state index in [-0.39, 0.29) is 11.0 Å². The van der Waals surface area contributed by atoms with Gasteiger partial charge in [0.1, 0.15) is 0 Å². The number of hydrogen-bond donors (Lipinski definition) is 0. The highest BCUT2D eigenvalue weighted by Gasteiger charge is 2.34. The maximum Gasteiger partial charge on any atom is 0.0619 e. The van der Waals surface area contributed by atoms with E-state index in [2.05, 4.69) is 39.7 Å². The van der Waals surface area contributed by atoms with Crippen molar-refractivity contribution in [3.63, 3.8) is 0 Å². The molecule has 1 rings (SSSR count). The van der Waals surface area contributed by atoms with Crippen LogP contribution in [0.2, 0.25) is 0 Å². The van der Waals surface area contributed by atoms with E-state index >= 15 is 0 Å². The minimum atomic E-state index is 0.0660. The highest BCUT2D eigenvalue weighted by molar-refractivity contribution is 4.92. The van der Waals surface area contributed by atoms with Gasteiger partial charge in [0.05, 0.1) is 5.54 Å². The Bertz CT molecular complexity index is 239. The summed E-state index contributed by atoms with van der Waals surface area (Å²) in [5.74, 6) is 0. The van der Waals surface area contributed by atoms with Crippen molar-refractivity contribution in [1.29, 1.82) is 0 Å². The molecule has 0 aliphatic carbocycles. The van der Waals surface area contributed by atoms with Crippen LogP contribution in [-0.2, 0) is 5.54 Å². The number of nitrogens with zero attached hydrogens (tertiary/aromatic N) is 2. The maximum absolute atomic E-state index is 4.27. The first kappa shape index (κ1) is 9.30. The molecule has 0 saturated heterocycles. The normalized spacial score (nSPS) is 13.4. The van der Waals surface area contributed by atoms with Crippen LogP contribution in [0.4, 0.5) is 0 Å². The Kier molecular flexibility index (Phi) is 2.02. The third-order valence-corrected chi connectivity index (χ3v) is 2.91. The van der Waals surface area contributed by atoms with E-state index in [0.29, 0.717) is 0 Å². The minimum Gasteiger partial charge on any atom is -0.267 e. The Labute approximate surface area is 74.6 Å². The van der Waals surface area contributed by atoms with Gasteiger partial charge in [0.15, 0.2) is 0 Å². The molecule has 0 aromatic carbocycles. The first-order valence-electron chi connectivity index (χ1n) is 4.36. The molecule has 1 heterocycles. The molecule has 0 amide bonds. The molecular formula is C10H18N2. The van der Waals surface area contributed by atoms with Gasteiger partial charge in [0.2, 0.25) is 0 Å². The van der Waals surface area contributed by atoms with Gasteiger partial charge in [-0.1, -0.05) is 20.8 Å². The van der Waals surface area contributed by atoms with Crippen molar-refractivity contribution >= 4 is 0 Å². The summed E-state index contributed by atoms with van der Waals surface area (Å²) < 4.78 is 2.02. The summed E-state index contributed by atoms with van der Waals surface area (Å²) in [5, 5.41) is 4.27. The van der Waals surface area contributed by atoms with Crippen LogP contribution in [-0.4, -0.2) is 9.78 Å². The second kappa shape index (κ2) is 2.61. The van der Waals surface area contributed by atoms with E-state index in [1.165, 1.54) is 0 Å². The van der Waals surface area contributed by atoms with Crippen molar-refractivity contribution in [2.45, 2.75) is 40.2 Å². The van der Waals surface area contributed by atoms with Gasteiger partial charge in [-0.25, -0.2) is 0 Å². The quantitative estimate of drug-likeness (QED) is 0.627. The van der Waals surface area contributed by atoms with Crippen LogP contribution in [0.25, 0.3) is 0 Å². The molecule has 0 radical (unpaired) electrons. The third-order valence-electron chi connectivity index (χ3n) is 2.91. The lowest BCUT2D eigenvalue weighted by Gasteiger charge is -2.38. The lowest BCUT2D eigenvalue weighted by molar-refractivity contribution is 0.124. The summed E-state index contributed by atoms with van der Waals surface area (Å²) >= 11 is 0. The van der Waals surface area contributed by atoms with Crippen LogP contribution in [0.1, 0.15) is 34.6 Å². The lowest BCUT2D eigenvalue weighted by Crippen LogP contribution is -2.40. The molecule has 0 aliphatic rings. The summed E-state index contributed by atoms with van der Waals surface area (Å²) in [6.07, 6.45) is 3.85. The average Bonchev–Trinajstić information content (AvgIpc) is 2.34. The molecule has 0 atom stereocenters. The average molecular weight is 166 g/mol. The molecule has 1 aromatic rings. The van der Waals surface area contributed by atoms with Gasteiger partial charge >= 0.3 is 0 Å². The van der Waals surface area contributed by atoms with E-state index in [4.69, 9.17) is 0 Å². The van der Waals surface area contributed by atoms with Gasteiger partial charge in [-0.05, 0) is 25.3 Å². The molecule has 0 saturated carbocycles. The van der Waals surface area contributed by atoms with Gasteiger partial charge in [-0.3, -0.25) is 4.68 Å². The highest BCUT2D eigenvalue weighted by atomic mass is 15.3. The van der Waals surface area contributed by atoms with Crippen molar-refractivity contribution in [3.05, 3.63) is 18.5 Å². The molecular weight excluding hydrogens is 148 g/mol. The highest BCUT2D eigenvalue weighted by Crippen LogP contribution is 2.35. The zero-order valence-electron chi connectivity index (χ0n) is 8.63. The number of hydrogen-bond acceptors (Lipinski definition) is 1. The third kappa shape index (κ3) is 1.38. The fraction of sp³-hybridized carbons (Fsp3) is 0.700. The Morgan fingerprint density at radius 3 is 2.00 bits per heavy atom. The Morgan fingerprint density at radius 2 is 1.67 bits per heavy atom. The predicted molar refractivity (Wildman–Crippen MR) is 51.0 cm³/mol. The molecule has 1 aromatic heterocycles. The van der Waals surface area contributed by atoms with E-state index in [1.54, 1.807) is 0 Å². The van der Waals surface area contributed by atoms with Crippen LogP contribution < -0.4 is 0 Å². The van der Waals surface area contributed by atoms with Crippen molar-refractivity contribution in [2.75, 3.05) is 0 Å². The molecule has 0 bridgehead atoms. The van der Waals surface area contributed by atoms with Gasteiger partial charge in [0.25, 0.3) is 0 Å².